The molecule has 0 saturated carbocycles. The van der Waals surface area contributed by atoms with E-state index in [0.717, 1.165) is 23.9 Å². The summed E-state index contributed by atoms with van der Waals surface area (Å²) < 4.78 is 29.6. The summed E-state index contributed by atoms with van der Waals surface area (Å²) in [5.41, 5.74) is 7.36. The highest BCUT2D eigenvalue weighted by atomic mass is 32.2. The maximum absolute atomic E-state index is 10.6. The highest BCUT2D eigenvalue weighted by Gasteiger charge is 2.12. The fourth-order valence-electron chi connectivity index (χ4n) is 1.70. The first-order chi connectivity index (χ1) is 13.0. The van der Waals surface area contributed by atoms with E-state index in [4.69, 9.17) is 15.5 Å². The molecule has 0 aliphatic rings. The highest BCUT2D eigenvalue weighted by Crippen LogP contribution is 2.21. The molecule has 0 aliphatic carbocycles. The Hall–Kier alpha value is -3.55. The zero-order valence-electron chi connectivity index (χ0n) is 14.4. The number of aryl methyl sites for hydroxylation is 1. The van der Waals surface area contributed by atoms with Crippen molar-refractivity contribution in [1.29, 1.82) is 0 Å². The van der Waals surface area contributed by atoms with E-state index < -0.39 is 15.0 Å². The van der Waals surface area contributed by atoms with E-state index in [-0.39, 0.29) is 27.9 Å². The number of hydrogen-bond acceptors (Lipinski definition) is 8. The van der Waals surface area contributed by atoms with Gasteiger partial charge in [-0.1, -0.05) is 17.7 Å². The second kappa shape index (κ2) is 9.96. The average molecular weight is 411 g/mol. The Morgan fingerprint density at radius 3 is 2.36 bits per heavy atom. The van der Waals surface area contributed by atoms with E-state index in [9.17, 15) is 23.6 Å². The molecule has 2 rings (SSSR count). The number of hydroxylamine groups is 1. The second-order valence-electron chi connectivity index (χ2n) is 5.13. The number of benzene rings is 2. The molecule has 0 fully saturated rings. The summed E-state index contributed by atoms with van der Waals surface area (Å²) in [6, 6.07) is 9.46. The third-order valence-corrected chi connectivity index (χ3v) is 3.87. The first-order valence-electron chi connectivity index (χ1n) is 7.32. The summed E-state index contributed by atoms with van der Waals surface area (Å²) in [7, 11) is -4.02. The maximum atomic E-state index is 10.6. The number of aromatic hydroxyl groups is 1. The van der Waals surface area contributed by atoms with Crippen LogP contribution in [-0.4, -0.2) is 40.4 Å². The minimum Gasteiger partial charge on any atom is -0.508 e. The molecule has 0 amide bonds. The molecule has 0 radical (unpaired) electrons. The molecule has 0 bridgehead atoms. The molecule has 150 valence electrons. The summed E-state index contributed by atoms with van der Waals surface area (Å²) >= 11 is 0. The molecule has 0 aliphatic heterocycles. The summed E-state index contributed by atoms with van der Waals surface area (Å²) in [4.78, 5) is 9.94. The molecule has 2 aromatic rings. The van der Waals surface area contributed by atoms with Crippen molar-refractivity contribution < 1.29 is 28.2 Å². The van der Waals surface area contributed by atoms with Crippen LogP contribution in [0.15, 0.2) is 57.6 Å². The van der Waals surface area contributed by atoms with Crippen LogP contribution >= 0.6 is 0 Å². The lowest BCUT2D eigenvalue weighted by atomic mass is 10.2. The molecule has 0 aromatic heterocycles. The van der Waals surface area contributed by atoms with Crippen LogP contribution in [0.25, 0.3) is 0 Å². The molecule has 2 aromatic carbocycles. The van der Waals surface area contributed by atoms with Gasteiger partial charge in [0.25, 0.3) is 15.8 Å². The van der Waals surface area contributed by atoms with Gasteiger partial charge < -0.3 is 10.8 Å². The van der Waals surface area contributed by atoms with Gasteiger partial charge in [0.05, 0.1) is 21.6 Å². The van der Waals surface area contributed by atoms with E-state index in [2.05, 4.69) is 10.2 Å². The molecule has 0 spiro atoms. The normalized spacial score (nSPS) is 11.6. The molecular weight excluding hydrogens is 394 g/mol. The Morgan fingerprint density at radius 1 is 1.25 bits per heavy atom. The smallest absolute Gasteiger partial charge is 0.294 e. The first kappa shape index (κ1) is 22.5. The van der Waals surface area contributed by atoms with Crippen LogP contribution in [0.2, 0.25) is 0 Å². The third-order valence-electron chi connectivity index (χ3n) is 3.00. The van der Waals surface area contributed by atoms with E-state index in [1.165, 1.54) is 23.7 Å². The average Bonchev–Trinajstić information content (AvgIpc) is 2.61. The number of phenols is 1. The lowest BCUT2D eigenvalue weighted by molar-refractivity contribution is -0.385. The standard InChI is InChI=1S/C8H9N5O4.C7H8O3S/c9-8(12-15)11-10-4-5-3-6(14)1-2-7(5)13(16)17;1-6-2-4-7(5-3-6)11(8,9)10/h1-4,14-15H,(H3,9,11,12);2-5H,1H3,(H,8,9,10)/b10-4+;. The van der Waals surface area contributed by atoms with E-state index in [0.29, 0.717) is 0 Å². The van der Waals surface area contributed by atoms with Crippen LogP contribution in [-0.2, 0) is 10.1 Å². The zero-order valence-corrected chi connectivity index (χ0v) is 15.2. The van der Waals surface area contributed by atoms with Gasteiger partial charge in [-0.15, -0.1) is 5.10 Å². The topological polar surface area (TPSA) is 201 Å². The van der Waals surface area contributed by atoms with Crippen molar-refractivity contribution in [2.24, 2.45) is 15.9 Å². The lowest BCUT2D eigenvalue weighted by Gasteiger charge is -1.97. The number of nitrogens with two attached hydrogens (primary N) is 1. The van der Waals surface area contributed by atoms with Crippen molar-refractivity contribution in [2.45, 2.75) is 11.8 Å². The van der Waals surface area contributed by atoms with Gasteiger partial charge in [0.2, 0.25) is 5.96 Å². The summed E-state index contributed by atoms with van der Waals surface area (Å²) in [5.74, 6) is -0.515. The lowest BCUT2D eigenvalue weighted by Crippen LogP contribution is -2.27. The van der Waals surface area contributed by atoms with Crippen LogP contribution in [0.4, 0.5) is 5.69 Å². The number of hydrogen-bond donors (Lipinski definition) is 5. The Labute approximate surface area is 159 Å². The van der Waals surface area contributed by atoms with Crippen molar-refractivity contribution in [2.75, 3.05) is 0 Å². The molecule has 6 N–H and O–H groups in total. The van der Waals surface area contributed by atoms with Crippen LogP contribution in [0.1, 0.15) is 11.1 Å². The third kappa shape index (κ3) is 7.36. The van der Waals surface area contributed by atoms with Gasteiger partial charge in [0, 0.05) is 6.07 Å². The van der Waals surface area contributed by atoms with Crippen molar-refractivity contribution in [3.8, 4) is 5.75 Å². The Bertz CT molecular complexity index is 988. The van der Waals surface area contributed by atoms with Crippen LogP contribution in [0.5, 0.6) is 5.75 Å². The van der Waals surface area contributed by atoms with Gasteiger partial charge >= 0.3 is 0 Å². The molecule has 0 heterocycles. The van der Waals surface area contributed by atoms with Gasteiger partial charge in [-0.3, -0.25) is 19.9 Å². The minimum absolute atomic E-state index is 0.0597. The van der Waals surface area contributed by atoms with Gasteiger partial charge in [0.1, 0.15) is 5.75 Å². The number of phenolic OH excluding ortho intramolecular Hbond substituents is 1. The van der Waals surface area contributed by atoms with Crippen molar-refractivity contribution >= 4 is 28.0 Å². The Morgan fingerprint density at radius 2 is 1.86 bits per heavy atom. The van der Waals surface area contributed by atoms with Crippen LogP contribution < -0.4 is 11.2 Å². The van der Waals surface area contributed by atoms with Crippen molar-refractivity contribution in [3.05, 3.63) is 63.7 Å². The first-order valence-corrected chi connectivity index (χ1v) is 8.76. The van der Waals surface area contributed by atoms with Gasteiger partial charge in [0.15, 0.2) is 0 Å². The van der Waals surface area contributed by atoms with E-state index in [1.54, 1.807) is 12.1 Å². The minimum atomic E-state index is -4.02. The van der Waals surface area contributed by atoms with Gasteiger partial charge in [-0.25, -0.2) is 5.48 Å². The van der Waals surface area contributed by atoms with Crippen LogP contribution in [0, 0.1) is 17.0 Å². The molecule has 12 nitrogen and oxygen atoms in total. The summed E-state index contributed by atoms with van der Waals surface area (Å²) in [5, 5.41) is 34.8. The van der Waals surface area contributed by atoms with Gasteiger partial charge in [-0.05, 0) is 31.2 Å². The number of rotatable bonds is 4. The Balaban J connectivity index is 0.000000307. The molecule has 0 unspecified atom stereocenters. The van der Waals surface area contributed by atoms with Crippen LogP contribution in [0.3, 0.4) is 0 Å². The quantitative estimate of drug-likeness (QED) is 0.161. The number of nitrogens with zero attached hydrogens (tertiary/aromatic N) is 3. The number of nitrogens with one attached hydrogen (secondary N) is 1. The van der Waals surface area contributed by atoms with E-state index >= 15 is 0 Å². The number of nitro groups is 1. The maximum Gasteiger partial charge on any atom is 0.294 e. The SMILES string of the molecule is Cc1ccc(S(=O)(=O)O)cc1.N/C(=N\N=C\c1cc(O)ccc1[N+](=O)[O-])NO. The summed E-state index contributed by atoms with van der Waals surface area (Å²) in [6.45, 7) is 1.84. The molecule has 28 heavy (non-hydrogen) atoms. The largest absolute Gasteiger partial charge is 0.508 e. The Kier molecular flexibility index (Phi) is 8.00. The van der Waals surface area contributed by atoms with E-state index in [1.807, 2.05) is 6.92 Å². The fraction of sp³-hybridized carbons (Fsp3) is 0.0667. The molecule has 0 saturated heterocycles. The highest BCUT2D eigenvalue weighted by molar-refractivity contribution is 7.85. The zero-order chi connectivity index (χ0) is 21.3. The summed E-state index contributed by atoms with van der Waals surface area (Å²) in [6.07, 6.45) is 1.03. The molecule has 0 atom stereocenters. The molecule has 13 heteroatoms. The predicted octanol–water partition coefficient (Wildman–Crippen LogP) is 1.17. The second-order valence-corrected chi connectivity index (χ2v) is 6.55. The predicted molar refractivity (Wildman–Crippen MR) is 99.9 cm³/mol. The fourth-order valence-corrected chi connectivity index (χ4v) is 2.18. The number of nitro benzene ring substituents is 1. The van der Waals surface area contributed by atoms with Crippen molar-refractivity contribution in [3.63, 3.8) is 0 Å². The monoisotopic (exact) mass is 411 g/mol. The number of guanidine groups is 1. The molecular formula is C15H17N5O7S. The van der Waals surface area contributed by atoms with Crippen molar-refractivity contribution in [1.82, 2.24) is 5.48 Å². The van der Waals surface area contributed by atoms with Gasteiger partial charge in [-0.2, -0.15) is 13.5 Å².